The monoisotopic (exact) mass is 176 g/mol. The molecule has 2 heteroatoms. The van der Waals surface area contributed by atoms with E-state index in [9.17, 15) is 0 Å². The molecular weight excluding hydrogens is 164 g/mol. The number of hydrogen-bond donors (Lipinski definition) is 0. The van der Waals surface area contributed by atoms with Gasteiger partial charge < -0.3 is 9.47 Å². The van der Waals surface area contributed by atoms with Gasteiger partial charge in [-0.1, -0.05) is 6.07 Å². The third kappa shape index (κ3) is 0.947. The fraction of sp³-hybridized carbons (Fsp3) is 0.455. The Balaban J connectivity index is 1.99. The molecule has 0 N–H and O–H groups in total. The van der Waals surface area contributed by atoms with Crippen molar-refractivity contribution in [2.45, 2.75) is 32.0 Å². The molecule has 0 radical (unpaired) electrons. The molecule has 1 aliphatic heterocycles. The Kier molecular flexibility index (Phi) is 1.22. The third-order valence-corrected chi connectivity index (χ3v) is 2.81. The fourth-order valence-electron chi connectivity index (χ4n) is 1.87. The second-order valence-corrected chi connectivity index (χ2v) is 3.92. The van der Waals surface area contributed by atoms with Gasteiger partial charge in [0.2, 0.25) is 0 Å². The van der Waals surface area contributed by atoms with E-state index in [2.05, 4.69) is 13.0 Å². The van der Waals surface area contributed by atoms with E-state index in [-0.39, 0.29) is 5.79 Å². The van der Waals surface area contributed by atoms with Crippen LogP contribution >= 0.6 is 0 Å². The average molecular weight is 176 g/mol. The lowest BCUT2D eigenvalue weighted by atomic mass is 9.91. The van der Waals surface area contributed by atoms with E-state index in [1.54, 1.807) is 0 Å². The second-order valence-electron chi connectivity index (χ2n) is 3.92. The second kappa shape index (κ2) is 2.19. The van der Waals surface area contributed by atoms with Gasteiger partial charge in [0.05, 0.1) is 0 Å². The van der Waals surface area contributed by atoms with Crippen LogP contribution in [-0.2, 0) is 0 Å². The highest BCUT2D eigenvalue weighted by Crippen LogP contribution is 2.48. The molecule has 68 valence electrons. The lowest BCUT2D eigenvalue weighted by Gasteiger charge is -2.35. The van der Waals surface area contributed by atoms with Crippen LogP contribution in [0.5, 0.6) is 11.5 Å². The maximum absolute atomic E-state index is 5.79. The van der Waals surface area contributed by atoms with E-state index in [4.69, 9.17) is 9.47 Å². The van der Waals surface area contributed by atoms with Gasteiger partial charge in [-0.05, 0) is 31.0 Å². The molecular formula is C11H12O2. The lowest BCUT2D eigenvalue weighted by Crippen LogP contribution is -2.45. The molecule has 1 aliphatic carbocycles. The van der Waals surface area contributed by atoms with Gasteiger partial charge in [-0.3, -0.25) is 0 Å². The van der Waals surface area contributed by atoms with Crippen molar-refractivity contribution in [1.82, 2.24) is 0 Å². The highest BCUT2D eigenvalue weighted by Gasteiger charge is 2.46. The first kappa shape index (κ1) is 7.25. The summed E-state index contributed by atoms with van der Waals surface area (Å²) in [5, 5.41) is 0. The number of fused-ring (bicyclic) bond motifs is 1. The van der Waals surface area contributed by atoms with Crippen LogP contribution in [0.2, 0.25) is 0 Å². The lowest BCUT2D eigenvalue weighted by molar-refractivity contribution is -0.138. The zero-order chi connectivity index (χ0) is 8.89. The predicted octanol–water partition coefficient (Wildman–Crippen LogP) is 2.65. The Morgan fingerprint density at radius 3 is 2.62 bits per heavy atom. The summed E-state index contributed by atoms with van der Waals surface area (Å²) in [6, 6.07) is 6.10. The Labute approximate surface area is 77.5 Å². The highest BCUT2D eigenvalue weighted by molar-refractivity contribution is 5.45. The van der Waals surface area contributed by atoms with Crippen molar-refractivity contribution in [1.29, 1.82) is 0 Å². The van der Waals surface area contributed by atoms with Crippen LogP contribution in [0.4, 0.5) is 0 Å². The largest absolute Gasteiger partial charge is 0.448 e. The molecule has 0 saturated heterocycles. The van der Waals surface area contributed by atoms with Crippen molar-refractivity contribution in [3.8, 4) is 11.5 Å². The zero-order valence-corrected chi connectivity index (χ0v) is 7.67. The third-order valence-electron chi connectivity index (χ3n) is 2.81. The summed E-state index contributed by atoms with van der Waals surface area (Å²) in [7, 11) is 0. The van der Waals surface area contributed by atoms with E-state index in [0.29, 0.717) is 0 Å². The molecule has 0 aromatic heterocycles. The summed E-state index contributed by atoms with van der Waals surface area (Å²) in [5.74, 6) is 1.54. The smallest absolute Gasteiger partial charge is 0.251 e. The molecule has 1 fully saturated rings. The van der Waals surface area contributed by atoms with Gasteiger partial charge >= 0.3 is 0 Å². The summed E-state index contributed by atoms with van der Waals surface area (Å²) in [4.78, 5) is 0. The van der Waals surface area contributed by atoms with E-state index >= 15 is 0 Å². The number of rotatable bonds is 0. The van der Waals surface area contributed by atoms with Crippen molar-refractivity contribution in [3.05, 3.63) is 23.8 Å². The first-order valence-electron chi connectivity index (χ1n) is 4.76. The summed E-state index contributed by atoms with van der Waals surface area (Å²) >= 11 is 0. The van der Waals surface area contributed by atoms with Crippen LogP contribution in [0.1, 0.15) is 24.8 Å². The first-order chi connectivity index (χ1) is 6.27. The molecule has 13 heavy (non-hydrogen) atoms. The Hall–Kier alpha value is -1.18. The molecule has 1 aromatic rings. The predicted molar refractivity (Wildman–Crippen MR) is 49.0 cm³/mol. The molecule has 1 aromatic carbocycles. The van der Waals surface area contributed by atoms with Crippen LogP contribution in [0.25, 0.3) is 0 Å². The minimum absolute atomic E-state index is 0.282. The molecule has 0 unspecified atom stereocenters. The average Bonchev–Trinajstić information content (AvgIpc) is 2.41. The Bertz CT molecular complexity index is 353. The van der Waals surface area contributed by atoms with E-state index in [0.717, 1.165) is 24.3 Å². The number of ether oxygens (including phenoxy) is 2. The van der Waals surface area contributed by atoms with Crippen molar-refractivity contribution in [2.75, 3.05) is 0 Å². The van der Waals surface area contributed by atoms with Crippen LogP contribution < -0.4 is 9.47 Å². The quantitative estimate of drug-likeness (QED) is 0.605. The molecule has 0 bridgehead atoms. The molecule has 1 heterocycles. The van der Waals surface area contributed by atoms with Gasteiger partial charge in [0.15, 0.2) is 11.5 Å². The van der Waals surface area contributed by atoms with E-state index in [1.165, 1.54) is 12.0 Å². The standard InChI is InChI=1S/C11H12O2/c1-8-3-4-9-10(7-8)13-11(12-9)5-2-6-11/h3-4,7H,2,5-6H2,1H3. The topological polar surface area (TPSA) is 18.5 Å². The number of aryl methyl sites for hydroxylation is 1. The normalized spacial score (nSPS) is 21.6. The molecule has 1 spiro atoms. The van der Waals surface area contributed by atoms with Gasteiger partial charge in [-0.2, -0.15) is 0 Å². The van der Waals surface area contributed by atoms with Gasteiger partial charge in [-0.25, -0.2) is 0 Å². The Morgan fingerprint density at radius 1 is 1.15 bits per heavy atom. The molecule has 3 rings (SSSR count). The molecule has 2 aliphatic rings. The number of benzene rings is 1. The van der Waals surface area contributed by atoms with Gasteiger partial charge in [-0.15, -0.1) is 0 Å². The molecule has 1 saturated carbocycles. The minimum Gasteiger partial charge on any atom is -0.448 e. The van der Waals surface area contributed by atoms with Crippen molar-refractivity contribution in [3.63, 3.8) is 0 Å². The van der Waals surface area contributed by atoms with Crippen LogP contribution in [-0.4, -0.2) is 5.79 Å². The van der Waals surface area contributed by atoms with Gasteiger partial charge in [0.1, 0.15) is 0 Å². The maximum atomic E-state index is 5.79. The first-order valence-corrected chi connectivity index (χ1v) is 4.76. The molecule has 2 nitrogen and oxygen atoms in total. The maximum Gasteiger partial charge on any atom is 0.251 e. The number of hydrogen-bond acceptors (Lipinski definition) is 2. The van der Waals surface area contributed by atoms with Gasteiger partial charge in [0.25, 0.3) is 5.79 Å². The fourth-order valence-corrected chi connectivity index (χ4v) is 1.87. The van der Waals surface area contributed by atoms with Crippen molar-refractivity contribution < 1.29 is 9.47 Å². The van der Waals surface area contributed by atoms with Crippen LogP contribution in [0, 0.1) is 6.92 Å². The summed E-state index contributed by atoms with van der Waals surface area (Å²) < 4.78 is 11.6. The summed E-state index contributed by atoms with van der Waals surface area (Å²) in [6.45, 7) is 2.06. The molecule has 0 amide bonds. The summed E-state index contributed by atoms with van der Waals surface area (Å²) in [6.07, 6.45) is 3.27. The van der Waals surface area contributed by atoms with Crippen LogP contribution in [0.3, 0.4) is 0 Å². The van der Waals surface area contributed by atoms with Gasteiger partial charge in [0, 0.05) is 12.8 Å². The van der Waals surface area contributed by atoms with Crippen molar-refractivity contribution >= 4 is 0 Å². The van der Waals surface area contributed by atoms with E-state index < -0.39 is 0 Å². The SMILES string of the molecule is Cc1ccc2c(c1)OC1(CCC1)O2. The highest BCUT2D eigenvalue weighted by atomic mass is 16.7. The van der Waals surface area contributed by atoms with Crippen LogP contribution in [0.15, 0.2) is 18.2 Å². The van der Waals surface area contributed by atoms with E-state index in [1.807, 2.05) is 12.1 Å². The Morgan fingerprint density at radius 2 is 1.92 bits per heavy atom. The van der Waals surface area contributed by atoms with Crippen molar-refractivity contribution in [2.24, 2.45) is 0 Å². The minimum atomic E-state index is -0.282. The summed E-state index contributed by atoms with van der Waals surface area (Å²) in [5.41, 5.74) is 1.22. The molecule has 0 atom stereocenters. The zero-order valence-electron chi connectivity index (χ0n) is 7.67.